The quantitative estimate of drug-likeness (QED) is 0.401. The maximum Gasteiger partial charge on any atom is 0.263 e. The van der Waals surface area contributed by atoms with Crippen LogP contribution in [-0.4, -0.2) is 59.8 Å². The highest BCUT2D eigenvalue weighted by Crippen LogP contribution is 2.33. The van der Waals surface area contributed by atoms with Gasteiger partial charge in [0.25, 0.3) is 17.7 Å². The topological polar surface area (TPSA) is 95.9 Å². The molecule has 0 saturated carbocycles. The van der Waals surface area contributed by atoms with E-state index in [0.29, 0.717) is 58.2 Å². The third-order valence-corrected chi connectivity index (χ3v) is 6.77. The minimum absolute atomic E-state index is 0.0421. The number of hydrogen-bond donors (Lipinski definition) is 0. The molecule has 0 bridgehead atoms. The van der Waals surface area contributed by atoms with Crippen LogP contribution in [0.1, 0.15) is 36.6 Å². The van der Waals surface area contributed by atoms with Crippen molar-refractivity contribution in [1.29, 1.82) is 0 Å². The highest BCUT2D eigenvalue weighted by molar-refractivity contribution is 6.21. The molecular formula is C28H23N5O4. The first-order valence-electron chi connectivity index (χ1n) is 11.9. The van der Waals surface area contributed by atoms with Crippen LogP contribution in [-0.2, 0) is 6.54 Å². The number of nitrogens with zero attached hydrogens (tertiary/aromatic N) is 5. The van der Waals surface area contributed by atoms with Crippen molar-refractivity contribution in [2.75, 3.05) is 37.0 Å². The van der Waals surface area contributed by atoms with Gasteiger partial charge in [0.1, 0.15) is 5.75 Å². The van der Waals surface area contributed by atoms with Crippen LogP contribution < -0.4 is 14.5 Å². The number of likely N-dealkylation sites (N-methyl/N-ethyl adjacent to an activating group) is 1. The number of rotatable bonds is 4. The number of benzene rings is 3. The summed E-state index contributed by atoms with van der Waals surface area (Å²) in [5.74, 6) is 0.508. The molecule has 0 aliphatic carbocycles. The van der Waals surface area contributed by atoms with Gasteiger partial charge in [0.05, 0.1) is 41.4 Å². The summed E-state index contributed by atoms with van der Waals surface area (Å²) in [4.78, 5) is 53.9. The molecule has 37 heavy (non-hydrogen) atoms. The lowest BCUT2D eigenvalue weighted by Gasteiger charge is -2.34. The van der Waals surface area contributed by atoms with Gasteiger partial charge in [-0.1, -0.05) is 30.3 Å². The second-order valence-electron chi connectivity index (χ2n) is 9.01. The largest absolute Gasteiger partial charge is 0.496 e. The third kappa shape index (κ3) is 3.67. The lowest BCUT2D eigenvalue weighted by molar-refractivity contribution is 0.0642. The first-order chi connectivity index (χ1) is 18.0. The lowest BCUT2D eigenvalue weighted by Crippen LogP contribution is -2.44. The smallest absolute Gasteiger partial charge is 0.263 e. The molecule has 3 amide bonds. The second-order valence-corrected chi connectivity index (χ2v) is 9.01. The summed E-state index contributed by atoms with van der Waals surface area (Å²) in [6, 6.07) is 19.4. The Balaban J connectivity index is 1.35. The number of methoxy groups -OCH3 is 1. The van der Waals surface area contributed by atoms with E-state index in [4.69, 9.17) is 14.7 Å². The van der Waals surface area contributed by atoms with Crippen LogP contribution in [0.25, 0.3) is 11.0 Å². The number of ether oxygens (including phenoxy) is 1. The summed E-state index contributed by atoms with van der Waals surface area (Å²) in [7, 11) is 3.43. The molecule has 9 heteroatoms. The Hall–Kier alpha value is -4.79. The van der Waals surface area contributed by atoms with Crippen molar-refractivity contribution in [3.63, 3.8) is 0 Å². The molecule has 2 aliphatic heterocycles. The Bertz CT molecular complexity index is 1570. The number of anilines is 2. The Morgan fingerprint density at radius 1 is 0.865 bits per heavy atom. The van der Waals surface area contributed by atoms with Crippen molar-refractivity contribution in [2.45, 2.75) is 6.54 Å². The van der Waals surface area contributed by atoms with Crippen molar-refractivity contribution >= 4 is 40.4 Å². The number of aromatic nitrogens is 2. The van der Waals surface area contributed by atoms with E-state index in [0.717, 1.165) is 5.52 Å². The third-order valence-electron chi connectivity index (χ3n) is 6.77. The molecule has 0 fully saturated rings. The summed E-state index contributed by atoms with van der Waals surface area (Å²) in [6.45, 7) is 1.05. The molecular weight excluding hydrogens is 470 g/mol. The SMILES string of the molecule is COc1ccc(CN2C(=O)c3ccccc3C2=O)cc1C(=O)N1CCN(C)c2nc3ccccc3nc21. The van der Waals surface area contributed by atoms with E-state index >= 15 is 0 Å². The lowest BCUT2D eigenvalue weighted by atomic mass is 10.1. The normalized spacial score (nSPS) is 14.7. The molecule has 2 aliphatic rings. The van der Waals surface area contributed by atoms with Crippen LogP contribution in [0.2, 0.25) is 0 Å². The van der Waals surface area contributed by atoms with Gasteiger partial charge in [-0.2, -0.15) is 0 Å². The van der Waals surface area contributed by atoms with E-state index in [1.54, 1.807) is 47.4 Å². The molecule has 3 heterocycles. The number of imide groups is 1. The highest BCUT2D eigenvalue weighted by Gasteiger charge is 2.36. The van der Waals surface area contributed by atoms with Crippen LogP contribution in [0, 0.1) is 0 Å². The zero-order valence-electron chi connectivity index (χ0n) is 20.3. The zero-order valence-corrected chi connectivity index (χ0v) is 20.3. The summed E-state index contributed by atoms with van der Waals surface area (Å²) in [5, 5.41) is 0. The number of carbonyl (C=O) groups excluding carboxylic acids is 3. The van der Waals surface area contributed by atoms with Gasteiger partial charge in [0.2, 0.25) is 0 Å². The van der Waals surface area contributed by atoms with E-state index < -0.39 is 0 Å². The van der Waals surface area contributed by atoms with Gasteiger partial charge in [0, 0.05) is 20.1 Å². The number of fused-ring (bicyclic) bond motifs is 3. The van der Waals surface area contributed by atoms with E-state index in [1.165, 1.54) is 12.0 Å². The molecule has 0 N–H and O–H groups in total. The Morgan fingerprint density at radius 3 is 2.14 bits per heavy atom. The molecule has 3 aromatic carbocycles. The maximum absolute atomic E-state index is 13.9. The van der Waals surface area contributed by atoms with Crippen LogP contribution in [0.4, 0.5) is 11.6 Å². The monoisotopic (exact) mass is 493 g/mol. The van der Waals surface area contributed by atoms with Gasteiger partial charge < -0.3 is 9.64 Å². The molecule has 0 atom stereocenters. The molecule has 184 valence electrons. The zero-order chi connectivity index (χ0) is 25.7. The summed E-state index contributed by atoms with van der Waals surface area (Å²) >= 11 is 0. The van der Waals surface area contributed by atoms with Crippen molar-refractivity contribution < 1.29 is 19.1 Å². The summed E-state index contributed by atoms with van der Waals surface area (Å²) in [5.41, 5.74) is 3.18. The van der Waals surface area contributed by atoms with Crippen LogP contribution in [0.5, 0.6) is 5.75 Å². The fraction of sp³-hybridized carbons (Fsp3) is 0.179. The van der Waals surface area contributed by atoms with Gasteiger partial charge in [0.15, 0.2) is 11.6 Å². The van der Waals surface area contributed by atoms with E-state index in [-0.39, 0.29) is 24.3 Å². The fourth-order valence-electron chi connectivity index (χ4n) is 4.81. The van der Waals surface area contributed by atoms with Crippen LogP contribution in [0.15, 0.2) is 66.7 Å². The first kappa shape index (κ1) is 22.7. The summed E-state index contributed by atoms with van der Waals surface area (Å²) in [6.07, 6.45) is 0. The number of carbonyl (C=O) groups is 3. The number of hydrogen-bond acceptors (Lipinski definition) is 7. The molecule has 4 aromatic rings. The van der Waals surface area contributed by atoms with Gasteiger partial charge in [-0.05, 0) is 42.0 Å². The number of amides is 3. The van der Waals surface area contributed by atoms with Gasteiger partial charge in [-0.25, -0.2) is 9.97 Å². The van der Waals surface area contributed by atoms with Crippen molar-refractivity contribution in [1.82, 2.24) is 14.9 Å². The van der Waals surface area contributed by atoms with E-state index in [2.05, 4.69) is 0 Å². The predicted molar refractivity (Wildman–Crippen MR) is 138 cm³/mol. The molecule has 0 spiro atoms. The number of para-hydroxylation sites is 2. The van der Waals surface area contributed by atoms with Crippen molar-refractivity contribution in [3.05, 3.63) is 89.0 Å². The average Bonchev–Trinajstić information content (AvgIpc) is 3.17. The van der Waals surface area contributed by atoms with Crippen LogP contribution >= 0.6 is 0 Å². The first-order valence-corrected chi connectivity index (χ1v) is 11.9. The minimum atomic E-state index is -0.348. The van der Waals surface area contributed by atoms with Crippen molar-refractivity contribution in [2.24, 2.45) is 0 Å². The Labute approximate surface area is 212 Å². The molecule has 0 saturated heterocycles. The van der Waals surface area contributed by atoms with Crippen LogP contribution in [0.3, 0.4) is 0 Å². The van der Waals surface area contributed by atoms with Gasteiger partial charge in [-0.15, -0.1) is 0 Å². The van der Waals surface area contributed by atoms with E-state index in [1.807, 2.05) is 36.2 Å². The predicted octanol–water partition coefficient (Wildman–Crippen LogP) is 3.53. The van der Waals surface area contributed by atoms with Gasteiger partial charge in [-0.3, -0.25) is 24.2 Å². The summed E-state index contributed by atoms with van der Waals surface area (Å²) < 4.78 is 5.51. The molecule has 9 nitrogen and oxygen atoms in total. The standard InChI is InChI=1S/C28H23N5O4/c1-31-13-14-32(25-24(31)29-21-9-5-6-10-22(21)30-25)28(36)20-15-17(11-12-23(20)37-2)16-33-26(34)18-7-3-4-8-19(18)27(33)35/h3-12,15H,13-14,16H2,1-2H3. The fourth-order valence-corrected chi connectivity index (χ4v) is 4.81. The Morgan fingerprint density at radius 2 is 1.49 bits per heavy atom. The second kappa shape index (κ2) is 8.70. The molecule has 1 aromatic heterocycles. The maximum atomic E-state index is 13.9. The van der Waals surface area contributed by atoms with E-state index in [9.17, 15) is 14.4 Å². The highest BCUT2D eigenvalue weighted by atomic mass is 16.5. The van der Waals surface area contributed by atoms with Crippen molar-refractivity contribution in [3.8, 4) is 5.75 Å². The average molecular weight is 494 g/mol. The molecule has 6 rings (SSSR count). The van der Waals surface area contributed by atoms with Gasteiger partial charge >= 0.3 is 0 Å². The molecule has 0 unspecified atom stereocenters. The molecule has 0 radical (unpaired) electrons. The Kier molecular flexibility index (Phi) is 5.33. The minimum Gasteiger partial charge on any atom is -0.496 e.